The monoisotopic (exact) mass is 590 g/mol. The lowest BCUT2D eigenvalue weighted by Gasteiger charge is -2.09. The lowest BCUT2D eigenvalue weighted by molar-refractivity contribution is -0.145. The highest BCUT2D eigenvalue weighted by Gasteiger charge is 2.00. The summed E-state index contributed by atoms with van der Waals surface area (Å²) in [6, 6.07) is 0. The van der Waals surface area contributed by atoms with Gasteiger partial charge in [0.25, 0.3) is 0 Å². The molecule has 0 aromatic heterocycles. The van der Waals surface area contributed by atoms with Crippen molar-refractivity contribution in [2.24, 2.45) is 0 Å². The van der Waals surface area contributed by atoms with Gasteiger partial charge in [-0.25, -0.2) is 0 Å². The van der Waals surface area contributed by atoms with E-state index in [-0.39, 0.29) is 12.6 Å². The molecule has 0 aromatic rings. The summed E-state index contributed by atoms with van der Waals surface area (Å²) < 4.78 is 53.5. The molecule has 0 atom stereocenters. The van der Waals surface area contributed by atoms with E-state index in [0.717, 1.165) is 11.8 Å². The Morgan fingerprint density at radius 3 is 0.944 bits per heavy atom. The van der Waals surface area contributed by atoms with Crippen LogP contribution in [0.3, 0.4) is 0 Å². The Morgan fingerprint density at radius 1 is 0.444 bits per heavy atom. The highest BCUT2D eigenvalue weighted by atomic mass is 79.9. The first-order valence-corrected chi connectivity index (χ1v) is 13.8. The Bertz CT molecular complexity index is 433. The lowest BCUT2D eigenvalue weighted by Crippen LogP contribution is -2.15. The maximum Gasteiger partial charge on any atom is 0.305 e. The number of carbonyl (C=O) groups excluding carboxylic acids is 1. The maximum atomic E-state index is 11.2. The Morgan fingerprint density at radius 2 is 0.694 bits per heavy atom. The second-order valence-corrected chi connectivity index (χ2v) is 7.96. The van der Waals surface area contributed by atoms with E-state index in [4.69, 9.17) is 47.4 Å². The predicted octanol–water partition coefficient (Wildman–Crippen LogP) is 1.87. The third-order valence-corrected chi connectivity index (χ3v) is 4.47. The van der Waals surface area contributed by atoms with Gasteiger partial charge >= 0.3 is 5.97 Å². The fourth-order valence-electron chi connectivity index (χ4n) is 2.41. The van der Waals surface area contributed by atoms with Crippen LogP contribution in [0.1, 0.15) is 19.8 Å². The van der Waals surface area contributed by atoms with Crippen molar-refractivity contribution in [1.29, 1.82) is 0 Å². The van der Waals surface area contributed by atoms with Gasteiger partial charge in [-0.15, -0.1) is 0 Å². The van der Waals surface area contributed by atoms with Crippen molar-refractivity contribution < 1.29 is 52.2 Å². The van der Waals surface area contributed by atoms with Crippen molar-refractivity contribution in [3.05, 3.63) is 0 Å². The van der Waals surface area contributed by atoms with Crippen molar-refractivity contribution >= 4 is 21.9 Å². The van der Waals surface area contributed by atoms with Crippen LogP contribution in [0.4, 0.5) is 0 Å². The van der Waals surface area contributed by atoms with Crippen molar-refractivity contribution in [2.45, 2.75) is 19.8 Å². The Balaban J connectivity index is 3.04. The molecule has 0 spiro atoms. The van der Waals surface area contributed by atoms with Crippen LogP contribution in [-0.2, 0) is 52.2 Å². The van der Waals surface area contributed by atoms with Crippen LogP contribution in [0.15, 0.2) is 0 Å². The molecule has 0 aromatic carbocycles. The second kappa shape index (κ2) is 32.6. The topological polar surface area (TPSA) is 109 Å². The standard InChI is InChI=1S/C24H47BrO11/c1-2-3-24(26)36-23-22-35-21-20-34-19-18-33-17-16-32-15-14-31-13-12-30-11-10-29-9-8-28-7-6-27-5-4-25/h2-23H2,1H3. The molecule has 36 heavy (non-hydrogen) atoms. The van der Waals surface area contributed by atoms with Gasteiger partial charge < -0.3 is 47.4 Å². The van der Waals surface area contributed by atoms with Crippen molar-refractivity contribution in [2.75, 3.05) is 131 Å². The molecule has 0 N–H and O–H groups in total. The summed E-state index contributed by atoms with van der Waals surface area (Å²) in [5, 5.41) is 0.837. The van der Waals surface area contributed by atoms with E-state index in [2.05, 4.69) is 15.9 Å². The number of carbonyl (C=O) groups is 1. The van der Waals surface area contributed by atoms with Gasteiger partial charge in [0, 0.05) is 11.8 Å². The fourth-order valence-corrected chi connectivity index (χ4v) is 2.64. The van der Waals surface area contributed by atoms with Gasteiger partial charge in [-0.1, -0.05) is 22.9 Å². The molecule has 0 unspecified atom stereocenters. The molecule has 0 amide bonds. The molecule has 12 heteroatoms. The Hall–Kier alpha value is -0.410. The first kappa shape index (κ1) is 35.6. The van der Waals surface area contributed by atoms with Crippen molar-refractivity contribution in [3.8, 4) is 0 Å². The fraction of sp³-hybridized carbons (Fsp3) is 0.958. The summed E-state index contributed by atoms with van der Waals surface area (Å²) in [6.07, 6.45) is 1.23. The molecular formula is C24H47BrO11. The van der Waals surface area contributed by atoms with Crippen LogP contribution >= 0.6 is 15.9 Å². The number of hydrogen-bond acceptors (Lipinski definition) is 11. The molecular weight excluding hydrogens is 544 g/mol. The first-order valence-electron chi connectivity index (χ1n) is 12.7. The molecule has 0 aliphatic heterocycles. The molecule has 0 saturated carbocycles. The minimum absolute atomic E-state index is 0.185. The smallest absolute Gasteiger partial charge is 0.305 e. The molecule has 0 saturated heterocycles. The Kier molecular flexibility index (Phi) is 32.2. The molecule has 11 nitrogen and oxygen atoms in total. The van der Waals surface area contributed by atoms with Gasteiger partial charge in [0.15, 0.2) is 0 Å². The highest BCUT2D eigenvalue weighted by Crippen LogP contribution is 1.91. The van der Waals surface area contributed by atoms with Gasteiger partial charge in [0.1, 0.15) is 6.61 Å². The maximum absolute atomic E-state index is 11.2. The molecule has 0 radical (unpaired) electrons. The second-order valence-electron chi connectivity index (χ2n) is 7.17. The number of alkyl halides is 1. The van der Waals surface area contributed by atoms with Crippen LogP contribution in [-0.4, -0.2) is 137 Å². The van der Waals surface area contributed by atoms with Crippen LogP contribution in [0.2, 0.25) is 0 Å². The molecule has 216 valence electrons. The van der Waals surface area contributed by atoms with Crippen molar-refractivity contribution in [1.82, 2.24) is 0 Å². The summed E-state index contributed by atoms with van der Waals surface area (Å²) in [6.45, 7) is 11.6. The summed E-state index contributed by atoms with van der Waals surface area (Å²) in [5.41, 5.74) is 0. The number of esters is 1. The molecule has 0 fully saturated rings. The van der Waals surface area contributed by atoms with Crippen LogP contribution in [0, 0.1) is 0 Å². The Labute approximate surface area is 224 Å². The summed E-state index contributed by atoms with van der Waals surface area (Å²) in [4.78, 5) is 11.2. The zero-order valence-corrected chi connectivity index (χ0v) is 23.5. The van der Waals surface area contributed by atoms with E-state index in [1.807, 2.05) is 6.92 Å². The number of ether oxygens (including phenoxy) is 10. The normalized spacial score (nSPS) is 11.3. The first-order chi connectivity index (χ1) is 17.8. The minimum Gasteiger partial charge on any atom is -0.463 e. The van der Waals surface area contributed by atoms with E-state index in [9.17, 15) is 4.79 Å². The average Bonchev–Trinajstić information content (AvgIpc) is 2.88. The van der Waals surface area contributed by atoms with Crippen LogP contribution in [0.25, 0.3) is 0 Å². The van der Waals surface area contributed by atoms with Gasteiger partial charge in [-0.3, -0.25) is 4.79 Å². The van der Waals surface area contributed by atoms with Gasteiger partial charge in [0.2, 0.25) is 0 Å². The van der Waals surface area contributed by atoms with Gasteiger partial charge in [-0.2, -0.15) is 0 Å². The van der Waals surface area contributed by atoms with E-state index >= 15 is 0 Å². The molecule has 0 aliphatic rings. The highest BCUT2D eigenvalue weighted by molar-refractivity contribution is 9.09. The molecule has 0 aliphatic carbocycles. The quantitative estimate of drug-likeness (QED) is 0.0670. The molecule has 0 rings (SSSR count). The summed E-state index contributed by atoms with van der Waals surface area (Å²) in [7, 11) is 0. The van der Waals surface area contributed by atoms with Crippen molar-refractivity contribution in [3.63, 3.8) is 0 Å². The van der Waals surface area contributed by atoms with Gasteiger partial charge in [0.05, 0.1) is 119 Å². The van der Waals surface area contributed by atoms with E-state index in [0.29, 0.717) is 125 Å². The van der Waals surface area contributed by atoms with E-state index in [1.165, 1.54) is 0 Å². The largest absolute Gasteiger partial charge is 0.463 e. The number of hydrogen-bond donors (Lipinski definition) is 0. The number of rotatable bonds is 31. The van der Waals surface area contributed by atoms with E-state index in [1.54, 1.807) is 0 Å². The molecule has 0 heterocycles. The molecule has 0 bridgehead atoms. The average molecular weight is 592 g/mol. The SMILES string of the molecule is CCCC(=O)OCCOCCOCCOCCOCCOCCOCCOCCOCCOCCBr. The third kappa shape index (κ3) is 31.6. The predicted molar refractivity (Wildman–Crippen MR) is 137 cm³/mol. The van der Waals surface area contributed by atoms with E-state index < -0.39 is 0 Å². The zero-order valence-electron chi connectivity index (χ0n) is 21.9. The van der Waals surface area contributed by atoms with Crippen LogP contribution in [0.5, 0.6) is 0 Å². The summed E-state index contributed by atoms with van der Waals surface area (Å²) in [5.74, 6) is -0.185. The number of halogens is 1. The third-order valence-electron chi connectivity index (χ3n) is 4.14. The van der Waals surface area contributed by atoms with Crippen LogP contribution < -0.4 is 0 Å². The summed E-state index contributed by atoms with van der Waals surface area (Å²) >= 11 is 3.29. The minimum atomic E-state index is -0.185. The lowest BCUT2D eigenvalue weighted by atomic mass is 10.3. The van der Waals surface area contributed by atoms with Gasteiger partial charge in [-0.05, 0) is 6.42 Å². The zero-order chi connectivity index (χ0) is 26.2.